The number of anilines is 1. The fourth-order valence-corrected chi connectivity index (χ4v) is 2.42. The summed E-state index contributed by atoms with van der Waals surface area (Å²) in [5, 5.41) is 4.25. The van der Waals surface area contributed by atoms with Gasteiger partial charge in [-0.1, -0.05) is 0 Å². The normalized spacial score (nSPS) is 15.4. The monoisotopic (exact) mass is 271 g/mol. The summed E-state index contributed by atoms with van der Waals surface area (Å²) >= 11 is 0. The number of carbonyl (C=O) groups excluding carboxylic acids is 1. The van der Waals surface area contributed by atoms with Crippen molar-refractivity contribution in [2.45, 2.75) is 31.8 Å². The smallest absolute Gasteiger partial charge is 0.359 e. The van der Waals surface area contributed by atoms with E-state index in [2.05, 4.69) is 5.10 Å². The third kappa shape index (κ3) is 2.66. The second-order valence-corrected chi connectivity index (χ2v) is 5.05. The van der Waals surface area contributed by atoms with Crippen molar-refractivity contribution in [1.82, 2.24) is 9.78 Å². The molecule has 0 saturated heterocycles. The van der Waals surface area contributed by atoms with Crippen molar-refractivity contribution in [1.29, 1.82) is 0 Å². The number of carbonyl (C=O) groups is 1. The number of nitrogen functional groups attached to an aromatic ring is 1. The molecule has 5 heteroatoms. The zero-order chi connectivity index (χ0) is 13.9. The molecular weight excluding hydrogens is 254 g/mol. The zero-order valence-electron chi connectivity index (χ0n) is 11.2. The SMILES string of the molecule is Nc1ccc(-n2ccc(C(=O)OC3CCCC3)n2)cc1. The molecule has 0 spiro atoms. The topological polar surface area (TPSA) is 70.1 Å². The summed E-state index contributed by atoms with van der Waals surface area (Å²) in [5.41, 5.74) is 7.54. The van der Waals surface area contributed by atoms with Crippen LogP contribution < -0.4 is 5.73 Å². The summed E-state index contributed by atoms with van der Waals surface area (Å²) < 4.78 is 7.07. The van der Waals surface area contributed by atoms with Gasteiger partial charge in [0.2, 0.25) is 0 Å². The van der Waals surface area contributed by atoms with Crippen molar-refractivity contribution in [3.63, 3.8) is 0 Å². The molecule has 2 N–H and O–H groups in total. The van der Waals surface area contributed by atoms with Crippen LogP contribution in [0.4, 0.5) is 5.69 Å². The third-order valence-electron chi connectivity index (χ3n) is 3.53. The fraction of sp³-hybridized carbons (Fsp3) is 0.333. The molecule has 1 saturated carbocycles. The summed E-state index contributed by atoms with van der Waals surface area (Å²) in [7, 11) is 0. The van der Waals surface area contributed by atoms with E-state index < -0.39 is 0 Å². The van der Waals surface area contributed by atoms with Gasteiger partial charge in [0.05, 0.1) is 5.69 Å². The number of hydrogen-bond acceptors (Lipinski definition) is 4. The van der Waals surface area contributed by atoms with E-state index in [0.717, 1.165) is 31.4 Å². The van der Waals surface area contributed by atoms with Gasteiger partial charge in [0.25, 0.3) is 0 Å². The second-order valence-electron chi connectivity index (χ2n) is 5.05. The van der Waals surface area contributed by atoms with E-state index in [0.29, 0.717) is 11.4 Å². The zero-order valence-corrected chi connectivity index (χ0v) is 11.2. The second kappa shape index (κ2) is 5.36. The number of nitrogens with two attached hydrogens (primary N) is 1. The maximum Gasteiger partial charge on any atom is 0.359 e. The van der Waals surface area contributed by atoms with Crippen LogP contribution in [-0.2, 0) is 4.74 Å². The van der Waals surface area contributed by atoms with Crippen LogP contribution in [0.2, 0.25) is 0 Å². The summed E-state index contributed by atoms with van der Waals surface area (Å²) in [6.07, 6.45) is 6.01. The van der Waals surface area contributed by atoms with Gasteiger partial charge in [-0.2, -0.15) is 5.10 Å². The Balaban J connectivity index is 1.72. The fourth-order valence-electron chi connectivity index (χ4n) is 2.42. The minimum absolute atomic E-state index is 0.0594. The summed E-state index contributed by atoms with van der Waals surface area (Å²) in [5.74, 6) is -0.342. The number of nitrogens with zero attached hydrogens (tertiary/aromatic N) is 2. The van der Waals surface area contributed by atoms with Gasteiger partial charge in [-0.3, -0.25) is 0 Å². The van der Waals surface area contributed by atoms with Gasteiger partial charge in [0.1, 0.15) is 6.10 Å². The van der Waals surface area contributed by atoms with Gasteiger partial charge in [0, 0.05) is 11.9 Å². The van der Waals surface area contributed by atoms with E-state index in [1.807, 2.05) is 12.1 Å². The van der Waals surface area contributed by atoms with Gasteiger partial charge in [-0.05, 0) is 56.0 Å². The molecule has 1 aliphatic carbocycles. The highest BCUT2D eigenvalue weighted by Crippen LogP contribution is 2.22. The Hall–Kier alpha value is -2.30. The van der Waals surface area contributed by atoms with E-state index >= 15 is 0 Å². The Kier molecular flexibility index (Phi) is 3.41. The Labute approximate surface area is 117 Å². The lowest BCUT2D eigenvalue weighted by Gasteiger charge is -2.09. The molecule has 0 unspecified atom stereocenters. The van der Waals surface area contributed by atoms with Crippen molar-refractivity contribution < 1.29 is 9.53 Å². The van der Waals surface area contributed by atoms with Crippen LogP contribution in [0.3, 0.4) is 0 Å². The molecule has 1 fully saturated rings. The minimum atomic E-state index is -0.342. The lowest BCUT2D eigenvalue weighted by Crippen LogP contribution is -2.15. The summed E-state index contributed by atoms with van der Waals surface area (Å²) in [4.78, 5) is 12.0. The Morgan fingerprint density at radius 3 is 2.60 bits per heavy atom. The maximum atomic E-state index is 12.0. The molecule has 104 valence electrons. The van der Waals surface area contributed by atoms with Crippen molar-refractivity contribution in [2.75, 3.05) is 5.73 Å². The number of ether oxygens (including phenoxy) is 1. The molecule has 1 aromatic carbocycles. The van der Waals surface area contributed by atoms with Crippen molar-refractivity contribution in [2.24, 2.45) is 0 Å². The molecule has 5 nitrogen and oxygen atoms in total. The molecule has 0 radical (unpaired) electrons. The maximum absolute atomic E-state index is 12.0. The van der Waals surface area contributed by atoms with E-state index in [1.54, 1.807) is 29.1 Å². The highest BCUT2D eigenvalue weighted by atomic mass is 16.5. The van der Waals surface area contributed by atoms with E-state index in [9.17, 15) is 4.79 Å². The first-order valence-electron chi connectivity index (χ1n) is 6.85. The Morgan fingerprint density at radius 1 is 1.20 bits per heavy atom. The first-order chi connectivity index (χ1) is 9.72. The predicted octanol–water partition coefficient (Wildman–Crippen LogP) is 2.55. The molecule has 0 amide bonds. The van der Waals surface area contributed by atoms with E-state index in [-0.39, 0.29) is 12.1 Å². The molecule has 2 aromatic rings. The molecule has 0 aliphatic heterocycles. The van der Waals surface area contributed by atoms with Crippen LogP contribution in [0.5, 0.6) is 0 Å². The van der Waals surface area contributed by atoms with E-state index in [1.165, 1.54) is 0 Å². The number of esters is 1. The third-order valence-corrected chi connectivity index (χ3v) is 3.53. The largest absolute Gasteiger partial charge is 0.458 e. The summed E-state index contributed by atoms with van der Waals surface area (Å²) in [6, 6.07) is 8.98. The van der Waals surface area contributed by atoms with Gasteiger partial charge in [0.15, 0.2) is 5.69 Å². The van der Waals surface area contributed by atoms with E-state index in [4.69, 9.17) is 10.5 Å². The van der Waals surface area contributed by atoms with Gasteiger partial charge in [-0.25, -0.2) is 9.48 Å². The van der Waals surface area contributed by atoms with Crippen molar-refractivity contribution in [3.8, 4) is 5.69 Å². The van der Waals surface area contributed by atoms with Crippen LogP contribution in [0.15, 0.2) is 36.5 Å². The number of rotatable bonds is 3. The molecule has 3 rings (SSSR count). The summed E-state index contributed by atoms with van der Waals surface area (Å²) in [6.45, 7) is 0. The average molecular weight is 271 g/mol. The quantitative estimate of drug-likeness (QED) is 0.688. The molecule has 20 heavy (non-hydrogen) atoms. The lowest BCUT2D eigenvalue weighted by molar-refractivity contribution is 0.0310. The number of benzene rings is 1. The molecular formula is C15H17N3O2. The van der Waals surface area contributed by atoms with Gasteiger partial charge < -0.3 is 10.5 Å². The predicted molar refractivity (Wildman–Crippen MR) is 75.6 cm³/mol. The molecule has 0 bridgehead atoms. The minimum Gasteiger partial charge on any atom is -0.458 e. The molecule has 1 aromatic heterocycles. The first-order valence-corrected chi connectivity index (χ1v) is 6.85. The van der Waals surface area contributed by atoms with Gasteiger partial charge in [-0.15, -0.1) is 0 Å². The Bertz CT molecular complexity index is 598. The van der Waals surface area contributed by atoms with Crippen molar-refractivity contribution in [3.05, 3.63) is 42.2 Å². The van der Waals surface area contributed by atoms with Crippen LogP contribution in [0.25, 0.3) is 5.69 Å². The van der Waals surface area contributed by atoms with Crippen molar-refractivity contribution >= 4 is 11.7 Å². The molecule has 1 aliphatic rings. The lowest BCUT2D eigenvalue weighted by atomic mass is 10.3. The highest BCUT2D eigenvalue weighted by Gasteiger charge is 2.21. The molecule has 0 atom stereocenters. The molecule has 1 heterocycles. The number of aromatic nitrogens is 2. The van der Waals surface area contributed by atoms with Crippen LogP contribution in [0.1, 0.15) is 36.2 Å². The first kappa shape index (κ1) is 12.7. The van der Waals surface area contributed by atoms with Crippen LogP contribution in [0, 0.1) is 0 Å². The van der Waals surface area contributed by atoms with Gasteiger partial charge >= 0.3 is 5.97 Å². The highest BCUT2D eigenvalue weighted by molar-refractivity contribution is 5.87. The Morgan fingerprint density at radius 2 is 1.90 bits per heavy atom. The number of hydrogen-bond donors (Lipinski definition) is 1. The van der Waals surface area contributed by atoms with Crippen LogP contribution in [-0.4, -0.2) is 21.9 Å². The average Bonchev–Trinajstić information content (AvgIpc) is 3.10. The standard InChI is InChI=1S/C15H17N3O2/c16-11-5-7-12(8-6-11)18-10-9-14(17-18)15(19)20-13-3-1-2-4-13/h5-10,13H,1-4,16H2. The van der Waals surface area contributed by atoms with Crippen LogP contribution >= 0.6 is 0 Å².